The number of benzene rings is 2. The molecule has 0 atom stereocenters. The van der Waals surface area contributed by atoms with Crippen LogP contribution in [0.15, 0.2) is 65.3 Å². The quantitative estimate of drug-likeness (QED) is 0.307. The van der Waals surface area contributed by atoms with Crippen LogP contribution in [-0.2, 0) is 9.59 Å². The van der Waals surface area contributed by atoms with E-state index in [1.165, 1.54) is 24.2 Å². The SMILES string of the molecule is CC(=O)Nc1ccc(NC(=O)CSc2ncnc3scc(-c4ccc(C)cc4)c23)cc1. The van der Waals surface area contributed by atoms with Crippen LogP contribution in [0.3, 0.4) is 0 Å². The van der Waals surface area contributed by atoms with Crippen molar-refractivity contribution in [3.63, 3.8) is 0 Å². The van der Waals surface area contributed by atoms with Crippen molar-refractivity contribution in [3.8, 4) is 11.1 Å². The molecule has 0 spiro atoms. The Morgan fingerprint density at radius 1 is 0.968 bits per heavy atom. The first kappa shape index (κ1) is 21.0. The van der Waals surface area contributed by atoms with E-state index in [0.29, 0.717) is 11.4 Å². The van der Waals surface area contributed by atoms with Crippen molar-refractivity contribution in [2.24, 2.45) is 0 Å². The Hall–Kier alpha value is -3.23. The molecule has 0 unspecified atom stereocenters. The first-order chi connectivity index (χ1) is 15.0. The molecular weight excluding hydrogens is 428 g/mol. The van der Waals surface area contributed by atoms with E-state index < -0.39 is 0 Å². The van der Waals surface area contributed by atoms with Crippen molar-refractivity contribution in [3.05, 3.63) is 65.8 Å². The first-order valence-electron chi connectivity index (χ1n) is 9.59. The summed E-state index contributed by atoms with van der Waals surface area (Å²) in [6.07, 6.45) is 1.54. The number of thioether (sulfide) groups is 1. The molecule has 2 N–H and O–H groups in total. The second-order valence-electron chi connectivity index (χ2n) is 6.97. The summed E-state index contributed by atoms with van der Waals surface area (Å²) in [5, 5.41) is 9.43. The minimum atomic E-state index is -0.136. The van der Waals surface area contributed by atoms with E-state index >= 15 is 0 Å². The zero-order valence-electron chi connectivity index (χ0n) is 17.0. The summed E-state index contributed by atoms with van der Waals surface area (Å²) < 4.78 is 0. The molecule has 156 valence electrons. The van der Waals surface area contributed by atoms with Crippen LogP contribution in [0.1, 0.15) is 12.5 Å². The summed E-state index contributed by atoms with van der Waals surface area (Å²) in [5.41, 5.74) is 4.75. The van der Waals surface area contributed by atoms with E-state index in [1.54, 1.807) is 41.9 Å². The molecule has 0 saturated carbocycles. The number of nitrogens with one attached hydrogen (secondary N) is 2. The molecule has 4 aromatic rings. The fourth-order valence-corrected chi connectivity index (χ4v) is 4.87. The van der Waals surface area contributed by atoms with Gasteiger partial charge in [-0.05, 0) is 36.8 Å². The number of carbonyl (C=O) groups excluding carboxylic acids is 2. The number of thiophene rings is 1. The Morgan fingerprint density at radius 3 is 2.32 bits per heavy atom. The number of aryl methyl sites for hydroxylation is 1. The lowest BCUT2D eigenvalue weighted by atomic mass is 10.1. The molecule has 0 aliphatic heterocycles. The van der Waals surface area contributed by atoms with Crippen molar-refractivity contribution in [2.45, 2.75) is 18.9 Å². The highest BCUT2D eigenvalue weighted by Crippen LogP contribution is 2.37. The Morgan fingerprint density at radius 2 is 1.65 bits per heavy atom. The summed E-state index contributed by atoms with van der Waals surface area (Å²) in [5.74, 6) is -0.0399. The van der Waals surface area contributed by atoms with Crippen molar-refractivity contribution in [1.29, 1.82) is 0 Å². The molecule has 6 nitrogen and oxygen atoms in total. The maximum Gasteiger partial charge on any atom is 0.234 e. The van der Waals surface area contributed by atoms with Crippen molar-refractivity contribution >= 4 is 56.5 Å². The number of fused-ring (bicyclic) bond motifs is 1. The molecule has 8 heteroatoms. The lowest BCUT2D eigenvalue weighted by molar-refractivity contribution is -0.114. The van der Waals surface area contributed by atoms with Gasteiger partial charge >= 0.3 is 0 Å². The van der Waals surface area contributed by atoms with Crippen molar-refractivity contribution in [2.75, 3.05) is 16.4 Å². The van der Waals surface area contributed by atoms with E-state index in [0.717, 1.165) is 26.4 Å². The highest BCUT2D eigenvalue weighted by atomic mass is 32.2. The van der Waals surface area contributed by atoms with E-state index in [-0.39, 0.29) is 17.6 Å². The second-order valence-corrected chi connectivity index (χ2v) is 8.79. The van der Waals surface area contributed by atoms with Gasteiger partial charge in [0.1, 0.15) is 16.2 Å². The van der Waals surface area contributed by atoms with Gasteiger partial charge in [-0.1, -0.05) is 41.6 Å². The summed E-state index contributed by atoms with van der Waals surface area (Å²) >= 11 is 2.97. The zero-order valence-corrected chi connectivity index (χ0v) is 18.6. The molecule has 0 aliphatic carbocycles. The number of anilines is 2. The molecule has 0 saturated heterocycles. The average Bonchev–Trinajstić information content (AvgIpc) is 3.19. The molecule has 0 bridgehead atoms. The molecule has 2 aromatic carbocycles. The lowest BCUT2D eigenvalue weighted by Gasteiger charge is -2.08. The summed E-state index contributed by atoms with van der Waals surface area (Å²) in [4.78, 5) is 33.3. The predicted octanol–water partition coefficient (Wildman–Crippen LogP) is 5.36. The minimum Gasteiger partial charge on any atom is -0.326 e. The van der Waals surface area contributed by atoms with Crippen LogP contribution in [0.4, 0.5) is 11.4 Å². The van der Waals surface area contributed by atoms with Gasteiger partial charge < -0.3 is 10.6 Å². The number of amides is 2. The Kier molecular flexibility index (Phi) is 6.29. The number of hydrogen-bond acceptors (Lipinski definition) is 6. The van der Waals surface area contributed by atoms with Crippen molar-refractivity contribution < 1.29 is 9.59 Å². The van der Waals surface area contributed by atoms with Crippen LogP contribution in [0.25, 0.3) is 21.3 Å². The maximum atomic E-state index is 12.5. The molecule has 31 heavy (non-hydrogen) atoms. The zero-order chi connectivity index (χ0) is 21.8. The van der Waals surface area contributed by atoms with Gasteiger partial charge in [-0.25, -0.2) is 9.97 Å². The van der Waals surface area contributed by atoms with Crippen LogP contribution < -0.4 is 10.6 Å². The highest BCUT2D eigenvalue weighted by Gasteiger charge is 2.15. The van der Waals surface area contributed by atoms with Crippen LogP contribution in [0, 0.1) is 6.92 Å². The third kappa shape index (κ3) is 5.10. The van der Waals surface area contributed by atoms with Gasteiger partial charge in [0.2, 0.25) is 11.8 Å². The first-order valence-corrected chi connectivity index (χ1v) is 11.5. The van der Waals surface area contributed by atoms with E-state index in [2.05, 4.69) is 57.2 Å². The Bertz CT molecular complexity index is 1230. The fraction of sp³-hybridized carbons (Fsp3) is 0.130. The van der Waals surface area contributed by atoms with Gasteiger partial charge in [-0.2, -0.15) is 0 Å². The summed E-state index contributed by atoms with van der Waals surface area (Å²) in [6.45, 7) is 3.51. The predicted molar refractivity (Wildman–Crippen MR) is 128 cm³/mol. The number of nitrogens with zero attached hydrogens (tertiary/aromatic N) is 2. The van der Waals surface area contributed by atoms with E-state index in [4.69, 9.17) is 0 Å². The maximum absolute atomic E-state index is 12.5. The normalized spacial score (nSPS) is 10.8. The Balaban J connectivity index is 1.47. The van der Waals surface area contributed by atoms with Gasteiger partial charge in [-0.15, -0.1) is 11.3 Å². The standard InChI is InChI=1S/C23H20N4O2S2/c1-14-3-5-16(6-4-14)19-11-30-22-21(19)23(25-13-24-22)31-12-20(29)27-18-9-7-17(8-10-18)26-15(2)28/h3-11,13H,12H2,1-2H3,(H,26,28)(H,27,29). The third-order valence-corrected chi connectivity index (χ3v) is 6.40. The number of rotatable bonds is 6. The van der Waals surface area contributed by atoms with Gasteiger partial charge in [-0.3, -0.25) is 9.59 Å². The summed E-state index contributed by atoms with van der Waals surface area (Å²) in [7, 11) is 0. The van der Waals surface area contributed by atoms with Crippen LogP contribution in [0.5, 0.6) is 0 Å². The number of aromatic nitrogens is 2. The van der Waals surface area contributed by atoms with Gasteiger partial charge in [0.25, 0.3) is 0 Å². The number of hydrogen-bond donors (Lipinski definition) is 2. The molecule has 0 fully saturated rings. The topological polar surface area (TPSA) is 84.0 Å². The van der Waals surface area contributed by atoms with E-state index in [9.17, 15) is 9.59 Å². The Labute approximate surface area is 188 Å². The van der Waals surface area contributed by atoms with Crippen LogP contribution in [0.2, 0.25) is 0 Å². The van der Waals surface area contributed by atoms with Crippen LogP contribution >= 0.6 is 23.1 Å². The highest BCUT2D eigenvalue weighted by molar-refractivity contribution is 8.00. The molecule has 2 aromatic heterocycles. The fourth-order valence-electron chi connectivity index (χ4n) is 3.07. The third-order valence-electron chi connectivity index (χ3n) is 4.53. The molecule has 2 amide bonds. The average molecular weight is 449 g/mol. The smallest absolute Gasteiger partial charge is 0.234 e. The van der Waals surface area contributed by atoms with Gasteiger partial charge in [0.05, 0.1) is 11.1 Å². The molecule has 2 heterocycles. The second kappa shape index (κ2) is 9.28. The van der Waals surface area contributed by atoms with Gasteiger partial charge in [0, 0.05) is 29.2 Å². The molecule has 0 aliphatic rings. The van der Waals surface area contributed by atoms with Crippen molar-refractivity contribution in [1.82, 2.24) is 9.97 Å². The largest absolute Gasteiger partial charge is 0.326 e. The van der Waals surface area contributed by atoms with Crippen LogP contribution in [-0.4, -0.2) is 27.5 Å². The molecular formula is C23H20N4O2S2. The van der Waals surface area contributed by atoms with Gasteiger partial charge in [0.15, 0.2) is 0 Å². The molecule has 4 rings (SSSR count). The minimum absolute atomic E-state index is 0.129. The lowest BCUT2D eigenvalue weighted by Crippen LogP contribution is -2.14. The summed E-state index contributed by atoms with van der Waals surface area (Å²) in [6, 6.07) is 15.4. The number of carbonyl (C=O) groups is 2. The molecule has 0 radical (unpaired) electrons. The monoisotopic (exact) mass is 448 g/mol. The van der Waals surface area contributed by atoms with E-state index in [1.807, 2.05) is 0 Å².